The summed E-state index contributed by atoms with van der Waals surface area (Å²) in [7, 11) is 0. The minimum absolute atomic E-state index is 0.0782. The van der Waals surface area contributed by atoms with Gasteiger partial charge in [0, 0.05) is 18.7 Å². The highest BCUT2D eigenvalue weighted by atomic mass is 16.5. The van der Waals surface area contributed by atoms with Crippen LogP contribution in [0.1, 0.15) is 30.6 Å². The molecule has 0 saturated carbocycles. The molecule has 2 rings (SSSR count). The molecule has 1 atom stereocenters. The van der Waals surface area contributed by atoms with Gasteiger partial charge in [0.05, 0.1) is 19.3 Å². The number of benzene rings is 1. The van der Waals surface area contributed by atoms with Gasteiger partial charge in [-0.2, -0.15) is 0 Å². The van der Waals surface area contributed by atoms with Crippen LogP contribution >= 0.6 is 0 Å². The maximum Gasteiger partial charge on any atom is 0.254 e. The summed E-state index contributed by atoms with van der Waals surface area (Å²) in [6.45, 7) is 5.85. The second-order valence-electron chi connectivity index (χ2n) is 4.72. The Morgan fingerprint density at radius 2 is 2.00 bits per heavy atom. The van der Waals surface area contributed by atoms with Crippen LogP contribution in [0.5, 0.6) is 11.5 Å². The van der Waals surface area contributed by atoms with Gasteiger partial charge in [0.15, 0.2) is 11.5 Å². The van der Waals surface area contributed by atoms with Gasteiger partial charge in [0.2, 0.25) is 0 Å². The SMILES string of the molecule is CCOc1ccc(C(=O)N2CCC(O)C2)cc1OCC. The molecule has 1 N–H and O–H groups in total. The highest BCUT2D eigenvalue weighted by molar-refractivity contribution is 5.95. The number of hydrogen-bond donors (Lipinski definition) is 1. The van der Waals surface area contributed by atoms with Gasteiger partial charge < -0.3 is 19.5 Å². The number of amides is 1. The van der Waals surface area contributed by atoms with E-state index in [9.17, 15) is 9.90 Å². The van der Waals surface area contributed by atoms with Crippen molar-refractivity contribution in [1.29, 1.82) is 0 Å². The number of ether oxygens (including phenoxy) is 2. The monoisotopic (exact) mass is 279 g/mol. The van der Waals surface area contributed by atoms with Crippen LogP contribution in [0.2, 0.25) is 0 Å². The first-order chi connectivity index (χ1) is 9.65. The van der Waals surface area contributed by atoms with Crippen molar-refractivity contribution in [2.45, 2.75) is 26.4 Å². The Morgan fingerprint density at radius 1 is 1.30 bits per heavy atom. The number of aliphatic hydroxyl groups excluding tert-OH is 1. The van der Waals surface area contributed by atoms with E-state index in [0.29, 0.717) is 49.8 Å². The molecule has 0 spiro atoms. The normalized spacial score (nSPS) is 18.1. The molecular weight excluding hydrogens is 258 g/mol. The van der Waals surface area contributed by atoms with Crippen LogP contribution in [0.4, 0.5) is 0 Å². The third kappa shape index (κ3) is 3.22. The number of hydrogen-bond acceptors (Lipinski definition) is 4. The minimum atomic E-state index is -0.409. The van der Waals surface area contributed by atoms with Crippen LogP contribution in [0.3, 0.4) is 0 Å². The average Bonchev–Trinajstić information content (AvgIpc) is 2.87. The molecule has 1 fully saturated rings. The molecule has 1 unspecified atom stereocenters. The molecule has 1 aromatic rings. The Balaban J connectivity index is 2.19. The van der Waals surface area contributed by atoms with Gasteiger partial charge in [-0.05, 0) is 38.5 Å². The number of β-amino-alcohol motifs (C(OH)–C–C–N with tert-alkyl or cyclic N) is 1. The predicted octanol–water partition coefficient (Wildman–Crippen LogP) is 1.69. The van der Waals surface area contributed by atoms with Crippen molar-refractivity contribution in [3.05, 3.63) is 23.8 Å². The Labute approximate surface area is 119 Å². The number of nitrogens with zero attached hydrogens (tertiary/aromatic N) is 1. The lowest BCUT2D eigenvalue weighted by Gasteiger charge is -2.17. The van der Waals surface area contributed by atoms with E-state index in [1.807, 2.05) is 13.8 Å². The topological polar surface area (TPSA) is 59.0 Å². The van der Waals surface area contributed by atoms with Gasteiger partial charge in [-0.15, -0.1) is 0 Å². The van der Waals surface area contributed by atoms with Crippen molar-refractivity contribution in [2.24, 2.45) is 0 Å². The summed E-state index contributed by atoms with van der Waals surface area (Å²) < 4.78 is 11.0. The molecule has 20 heavy (non-hydrogen) atoms. The fourth-order valence-electron chi connectivity index (χ4n) is 2.29. The van der Waals surface area contributed by atoms with Crippen LogP contribution in [-0.4, -0.2) is 48.3 Å². The van der Waals surface area contributed by atoms with Gasteiger partial charge >= 0.3 is 0 Å². The summed E-state index contributed by atoms with van der Waals surface area (Å²) in [5.41, 5.74) is 0.561. The Hall–Kier alpha value is -1.75. The number of rotatable bonds is 5. The quantitative estimate of drug-likeness (QED) is 0.891. The number of likely N-dealkylation sites (tertiary alicyclic amines) is 1. The van der Waals surface area contributed by atoms with E-state index < -0.39 is 6.10 Å². The number of carbonyl (C=O) groups excluding carboxylic acids is 1. The molecule has 5 heteroatoms. The Bertz CT molecular complexity index is 475. The first kappa shape index (κ1) is 14.7. The zero-order chi connectivity index (χ0) is 14.5. The van der Waals surface area contributed by atoms with Gasteiger partial charge in [0.25, 0.3) is 5.91 Å². The summed E-state index contributed by atoms with van der Waals surface area (Å²) in [6.07, 6.45) is 0.231. The molecule has 1 heterocycles. The van der Waals surface area contributed by atoms with Crippen LogP contribution in [0, 0.1) is 0 Å². The van der Waals surface area contributed by atoms with Crippen molar-refractivity contribution in [3.8, 4) is 11.5 Å². The lowest BCUT2D eigenvalue weighted by molar-refractivity contribution is 0.0764. The van der Waals surface area contributed by atoms with E-state index in [1.165, 1.54) is 0 Å². The predicted molar refractivity (Wildman–Crippen MR) is 75.3 cm³/mol. The highest BCUT2D eigenvalue weighted by Gasteiger charge is 2.26. The molecule has 1 amide bonds. The lowest BCUT2D eigenvalue weighted by atomic mass is 10.1. The second kappa shape index (κ2) is 6.61. The second-order valence-corrected chi connectivity index (χ2v) is 4.72. The highest BCUT2D eigenvalue weighted by Crippen LogP contribution is 2.29. The molecule has 0 aliphatic carbocycles. The maximum absolute atomic E-state index is 12.3. The first-order valence-electron chi connectivity index (χ1n) is 7.02. The smallest absolute Gasteiger partial charge is 0.254 e. The zero-order valence-corrected chi connectivity index (χ0v) is 12.0. The molecule has 1 saturated heterocycles. The summed E-state index contributed by atoms with van der Waals surface area (Å²) >= 11 is 0. The minimum Gasteiger partial charge on any atom is -0.490 e. The molecule has 0 radical (unpaired) electrons. The molecule has 1 aliphatic rings. The fraction of sp³-hybridized carbons (Fsp3) is 0.533. The van der Waals surface area contributed by atoms with Crippen LogP contribution in [0.15, 0.2) is 18.2 Å². The Morgan fingerprint density at radius 3 is 2.60 bits per heavy atom. The fourth-order valence-corrected chi connectivity index (χ4v) is 2.29. The zero-order valence-electron chi connectivity index (χ0n) is 12.0. The maximum atomic E-state index is 12.3. The van der Waals surface area contributed by atoms with Crippen molar-refractivity contribution in [2.75, 3.05) is 26.3 Å². The lowest BCUT2D eigenvalue weighted by Crippen LogP contribution is -2.29. The van der Waals surface area contributed by atoms with Crippen LogP contribution < -0.4 is 9.47 Å². The Kier molecular flexibility index (Phi) is 4.84. The molecular formula is C15H21NO4. The van der Waals surface area contributed by atoms with E-state index in [2.05, 4.69) is 0 Å². The van der Waals surface area contributed by atoms with E-state index in [0.717, 1.165) is 0 Å². The van der Waals surface area contributed by atoms with Crippen LogP contribution in [-0.2, 0) is 0 Å². The summed E-state index contributed by atoms with van der Waals surface area (Å²) in [5, 5.41) is 9.51. The molecule has 0 aromatic heterocycles. The number of carbonyl (C=O) groups is 1. The summed E-state index contributed by atoms with van der Waals surface area (Å²) in [5.74, 6) is 1.15. The van der Waals surface area contributed by atoms with Crippen LogP contribution in [0.25, 0.3) is 0 Å². The first-order valence-corrected chi connectivity index (χ1v) is 7.02. The van der Waals surface area contributed by atoms with Crippen molar-refractivity contribution in [1.82, 2.24) is 4.90 Å². The molecule has 5 nitrogen and oxygen atoms in total. The van der Waals surface area contributed by atoms with Crippen molar-refractivity contribution < 1.29 is 19.4 Å². The van der Waals surface area contributed by atoms with Gasteiger partial charge in [0.1, 0.15) is 0 Å². The largest absolute Gasteiger partial charge is 0.490 e. The molecule has 1 aliphatic heterocycles. The van der Waals surface area contributed by atoms with Gasteiger partial charge in [-0.3, -0.25) is 4.79 Å². The number of aliphatic hydroxyl groups is 1. The molecule has 1 aromatic carbocycles. The van der Waals surface area contributed by atoms with E-state index in [-0.39, 0.29) is 5.91 Å². The molecule has 110 valence electrons. The summed E-state index contributed by atoms with van der Waals surface area (Å²) in [6, 6.07) is 5.20. The average molecular weight is 279 g/mol. The third-order valence-electron chi connectivity index (χ3n) is 3.24. The van der Waals surface area contributed by atoms with Gasteiger partial charge in [-0.1, -0.05) is 0 Å². The standard InChI is InChI=1S/C15H21NO4/c1-3-19-13-6-5-11(9-14(13)20-4-2)15(18)16-8-7-12(17)10-16/h5-6,9,12,17H,3-4,7-8,10H2,1-2H3. The van der Waals surface area contributed by atoms with E-state index in [1.54, 1.807) is 23.1 Å². The van der Waals surface area contributed by atoms with Crippen molar-refractivity contribution >= 4 is 5.91 Å². The third-order valence-corrected chi connectivity index (χ3v) is 3.24. The summed E-state index contributed by atoms with van der Waals surface area (Å²) in [4.78, 5) is 14.0. The van der Waals surface area contributed by atoms with Crippen molar-refractivity contribution in [3.63, 3.8) is 0 Å². The molecule has 0 bridgehead atoms. The van der Waals surface area contributed by atoms with Gasteiger partial charge in [-0.25, -0.2) is 0 Å². The van der Waals surface area contributed by atoms with E-state index >= 15 is 0 Å². The van der Waals surface area contributed by atoms with E-state index in [4.69, 9.17) is 9.47 Å².